The van der Waals surface area contributed by atoms with Crippen LogP contribution in [0.3, 0.4) is 0 Å². The van der Waals surface area contributed by atoms with Crippen molar-refractivity contribution >= 4 is 5.69 Å². The smallest absolute Gasteiger partial charge is 0.0386 e. The summed E-state index contributed by atoms with van der Waals surface area (Å²) >= 11 is 0. The first kappa shape index (κ1) is 12.1. The summed E-state index contributed by atoms with van der Waals surface area (Å²) in [4.78, 5) is 0. The fraction of sp³-hybridized carbons (Fsp3) is 0.538. The third kappa shape index (κ3) is 4.34. The van der Waals surface area contributed by atoms with Crippen molar-refractivity contribution in [1.29, 1.82) is 0 Å². The summed E-state index contributed by atoms with van der Waals surface area (Å²) in [5.41, 5.74) is 8.19. The lowest BCUT2D eigenvalue weighted by Gasteiger charge is -2.20. The van der Waals surface area contributed by atoms with Crippen LogP contribution >= 0.6 is 0 Å². The molecular weight excluding hydrogens is 184 g/mol. The summed E-state index contributed by atoms with van der Waals surface area (Å²) in [6.07, 6.45) is 1.12. The standard InChI is InChI=1S/C13H22N2/c1-10(2)7-13(9-14)15-12-6-4-5-11(3)8-12/h4-6,8,10,13,15H,7,9,14H2,1-3H3. The van der Waals surface area contributed by atoms with E-state index in [1.165, 1.54) is 11.3 Å². The van der Waals surface area contributed by atoms with E-state index < -0.39 is 0 Å². The summed E-state index contributed by atoms with van der Waals surface area (Å²) in [5, 5.41) is 3.48. The lowest BCUT2D eigenvalue weighted by atomic mass is 10.0. The van der Waals surface area contributed by atoms with Gasteiger partial charge in [0.05, 0.1) is 0 Å². The molecule has 0 amide bonds. The Morgan fingerprint density at radius 2 is 2.07 bits per heavy atom. The predicted octanol–water partition coefficient (Wildman–Crippen LogP) is 2.78. The average Bonchev–Trinajstić information content (AvgIpc) is 2.16. The lowest BCUT2D eigenvalue weighted by Crippen LogP contribution is -2.30. The minimum atomic E-state index is 0.381. The first-order chi connectivity index (χ1) is 7.11. The topological polar surface area (TPSA) is 38.0 Å². The quantitative estimate of drug-likeness (QED) is 0.777. The van der Waals surface area contributed by atoms with Crippen molar-refractivity contribution in [3.63, 3.8) is 0 Å². The van der Waals surface area contributed by atoms with E-state index in [0.29, 0.717) is 18.5 Å². The third-order valence-corrected chi connectivity index (χ3v) is 2.43. The molecule has 2 nitrogen and oxygen atoms in total. The Morgan fingerprint density at radius 3 is 2.60 bits per heavy atom. The van der Waals surface area contributed by atoms with Crippen LogP contribution in [0.1, 0.15) is 25.8 Å². The van der Waals surface area contributed by atoms with E-state index in [4.69, 9.17) is 5.73 Å². The van der Waals surface area contributed by atoms with Crippen LogP contribution in [0.5, 0.6) is 0 Å². The number of anilines is 1. The van der Waals surface area contributed by atoms with Crippen LogP contribution < -0.4 is 11.1 Å². The van der Waals surface area contributed by atoms with Crippen LogP contribution in [0.25, 0.3) is 0 Å². The van der Waals surface area contributed by atoms with Gasteiger partial charge in [-0.1, -0.05) is 26.0 Å². The van der Waals surface area contributed by atoms with Crippen LogP contribution in [0.4, 0.5) is 5.69 Å². The molecule has 1 atom stereocenters. The van der Waals surface area contributed by atoms with E-state index >= 15 is 0 Å². The van der Waals surface area contributed by atoms with Gasteiger partial charge in [0.25, 0.3) is 0 Å². The van der Waals surface area contributed by atoms with Crippen LogP contribution in [0.2, 0.25) is 0 Å². The maximum absolute atomic E-state index is 5.74. The van der Waals surface area contributed by atoms with Crippen LogP contribution in [0, 0.1) is 12.8 Å². The highest BCUT2D eigenvalue weighted by Crippen LogP contribution is 2.13. The molecule has 15 heavy (non-hydrogen) atoms. The summed E-state index contributed by atoms with van der Waals surface area (Å²) in [5.74, 6) is 0.677. The summed E-state index contributed by atoms with van der Waals surface area (Å²) in [6, 6.07) is 8.80. The van der Waals surface area contributed by atoms with Crippen molar-refractivity contribution in [2.24, 2.45) is 11.7 Å². The van der Waals surface area contributed by atoms with Gasteiger partial charge in [0.15, 0.2) is 0 Å². The number of aryl methyl sites for hydroxylation is 1. The molecular formula is C13H22N2. The van der Waals surface area contributed by atoms with Gasteiger partial charge in [-0.3, -0.25) is 0 Å². The molecule has 0 saturated carbocycles. The number of hydrogen-bond acceptors (Lipinski definition) is 2. The van der Waals surface area contributed by atoms with Gasteiger partial charge in [-0.25, -0.2) is 0 Å². The molecule has 0 spiro atoms. The Morgan fingerprint density at radius 1 is 1.33 bits per heavy atom. The minimum Gasteiger partial charge on any atom is -0.381 e. The number of rotatable bonds is 5. The van der Waals surface area contributed by atoms with E-state index in [1.54, 1.807) is 0 Å². The second-order valence-corrected chi connectivity index (χ2v) is 4.58. The van der Waals surface area contributed by atoms with E-state index in [9.17, 15) is 0 Å². The first-order valence-electron chi connectivity index (χ1n) is 5.65. The molecule has 0 aliphatic heterocycles. The van der Waals surface area contributed by atoms with Crippen LogP contribution in [-0.2, 0) is 0 Å². The lowest BCUT2D eigenvalue weighted by molar-refractivity contribution is 0.522. The number of benzene rings is 1. The van der Waals surface area contributed by atoms with E-state index in [2.05, 4.69) is 50.4 Å². The molecule has 3 N–H and O–H groups in total. The van der Waals surface area contributed by atoms with E-state index in [1.807, 2.05) is 0 Å². The van der Waals surface area contributed by atoms with Gasteiger partial charge in [0.1, 0.15) is 0 Å². The van der Waals surface area contributed by atoms with Gasteiger partial charge in [-0.05, 0) is 37.0 Å². The Balaban J connectivity index is 2.58. The van der Waals surface area contributed by atoms with Crippen molar-refractivity contribution < 1.29 is 0 Å². The minimum absolute atomic E-state index is 0.381. The highest BCUT2D eigenvalue weighted by atomic mass is 14.9. The molecule has 0 aliphatic carbocycles. The number of nitrogens with two attached hydrogens (primary N) is 1. The first-order valence-corrected chi connectivity index (χ1v) is 5.65. The maximum Gasteiger partial charge on any atom is 0.0386 e. The van der Waals surface area contributed by atoms with Gasteiger partial charge < -0.3 is 11.1 Å². The molecule has 0 saturated heterocycles. The molecule has 84 valence electrons. The van der Waals surface area contributed by atoms with Crippen LogP contribution in [0.15, 0.2) is 24.3 Å². The zero-order valence-corrected chi connectivity index (χ0v) is 9.96. The molecule has 1 rings (SSSR count). The van der Waals surface area contributed by atoms with Gasteiger partial charge in [-0.2, -0.15) is 0 Å². The highest BCUT2D eigenvalue weighted by molar-refractivity contribution is 5.46. The number of hydrogen-bond donors (Lipinski definition) is 2. The van der Waals surface area contributed by atoms with E-state index in [0.717, 1.165) is 6.42 Å². The van der Waals surface area contributed by atoms with Crippen molar-refractivity contribution in [3.05, 3.63) is 29.8 Å². The monoisotopic (exact) mass is 206 g/mol. The fourth-order valence-electron chi connectivity index (χ4n) is 1.75. The third-order valence-electron chi connectivity index (χ3n) is 2.43. The highest BCUT2D eigenvalue weighted by Gasteiger charge is 2.08. The zero-order chi connectivity index (χ0) is 11.3. The molecule has 0 aromatic heterocycles. The van der Waals surface area contributed by atoms with Gasteiger partial charge in [-0.15, -0.1) is 0 Å². The summed E-state index contributed by atoms with van der Waals surface area (Å²) < 4.78 is 0. The van der Waals surface area contributed by atoms with Crippen molar-refractivity contribution in [2.45, 2.75) is 33.2 Å². The van der Waals surface area contributed by atoms with Gasteiger partial charge >= 0.3 is 0 Å². The second-order valence-electron chi connectivity index (χ2n) is 4.58. The van der Waals surface area contributed by atoms with Gasteiger partial charge in [0, 0.05) is 18.3 Å². The van der Waals surface area contributed by atoms with E-state index in [-0.39, 0.29) is 0 Å². The molecule has 0 fully saturated rings. The predicted molar refractivity (Wildman–Crippen MR) is 67.1 cm³/mol. The second kappa shape index (κ2) is 5.76. The Labute approximate surface area is 92.9 Å². The Bertz CT molecular complexity index is 294. The van der Waals surface area contributed by atoms with Crippen LogP contribution in [-0.4, -0.2) is 12.6 Å². The largest absolute Gasteiger partial charge is 0.381 e. The Hall–Kier alpha value is -1.02. The number of nitrogens with one attached hydrogen (secondary N) is 1. The molecule has 1 aromatic carbocycles. The molecule has 0 radical (unpaired) electrons. The van der Waals surface area contributed by atoms with Crippen molar-refractivity contribution in [3.8, 4) is 0 Å². The Kier molecular flexibility index (Phi) is 4.63. The average molecular weight is 206 g/mol. The normalized spacial score (nSPS) is 12.9. The summed E-state index contributed by atoms with van der Waals surface area (Å²) in [6.45, 7) is 7.23. The molecule has 0 aliphatic rings. The SMILES string of the molecule is Cc1cccc(NC(CN)CC(C)C)c1. The maximum atomic E-state index is 5.74. The van der Waals surface area contributed by atoms with Crippen molar-refractivity contribution in [2.75, 3.05) is 11.9 Å². The van der Waals surface area contributed by atoms with Gasteiger partial charge in [0.2, 0.25) is 0 Å². The van der Waals surface area contributed by atoms with Crippen molar-refractivity contribution in [1.82, 2.24) is 0 Å². The molecule has 1 unspecified atom stereocenters. The summed E-state index contributed by atoms with van der Waals surface area (Å²) in [7, 11) is 0. The fourth-order valence-corrected chi connectivity index (χ4v) is 1.75. The zero-order valence-electron chi connectivity index (χ0n) is 9.96. The molecule has 0 bridgehead atoms. The molecule has 2 heteroatoms. The molecule has 0 heterocycles. The molecule has 1 aromatic rings.